The second-order valence-corrected chi connectivity index (χ2v) is 7.50. The Labute approximate surface area is 105 Å². The van der Waals surface area contributed by atoms with Crippen LogP contribution in [0.15, 0.2) is 0 Å². The smallest absolute Gasteiger partial charge is 0.217 e. The molecular weight excluding hydrogens is 236 g/mol. The summed E-state index contributed by atoms with van der Waals surface area (Å²) in [5.74, 6) is 0. The van der Waals surface area contributed by atoms with Crippen molar-refractivity contribution in [2.45, 2.75) is 56.2 Å². The summed E-state index contributed by atoms with van der Waals surface area (Å²) >= 11 is 0. The first-order chi connectivity index (χ1) is 8.14. The molecule has 0 amide bonds. The van der Waals surface area contributed by atoms with Gasteiger partial charge in [0.05, 0.1) is 5.25 Å². The van der Waals surface area contributed by atoms with Gasteiger partial charge in [0.15, 0.2) is 0 Å². The minimum atomic E-state index is -3.03. The third-order valence-electron chi connectivity index (χ3n) is 4.13. The summed E-state index contributed by atoms with van der Waals surface area (Å²) in [5, 5.41) is 3.10. The van der Waals surface area contributed by atoms with Crippen LogP contribution in [-0.4, -0.2) is 44.2 Å². The Bertz CT molecular complexity index is 336. The maximum Gasteiger partial charge on any atom is 0.217 e. The molecule has 1 saturated heterocycles. The fourth-order valence-corrected chi connectivity index (χ4v) is 5.10. The standard InChI is InChI=1S/C12H24N2O2S/c1-13-11-6-5-9-14(10-11)17(15,16)12-7-3-2-4-8-12/h11-13H,2-10H2,1H3. The van der Waals surface area contributed by atoms with E-state index in [4.69, 9.17) is 0 Å². The summed E-state index contributed by atoms with van der Waals surface area (Å²) in [4.78, 5) is 0. The van der Waals surface area contributed by atoms with Crippen LogP contribution < -0.4 is 5.32 Å². The highest BCUT2D eigenvalue weighted by Gasteiger charge is 2.35. The van der Waals surface area contributed by atoms with Crippen LogP contribution >= 0.6 is 0 Å². The van der Waals surface area contributed by atoms with Crippen molar-refractivity contribution >= 4 is 10.0 Å². The lowest BCUT2D eigenvalue weighted by atomic mass is 10.0. The second kappa shape index (κ2) is 5.67. The van der Waals surface area contributed by atoms with Gasteiger partial charge in [0, 0.05) is 19.1 Å². The van der Waals surface area contributed by atoms with Crippen LogP contribution in [0.1, 0.15) is 44.9 Å². The van der Waals surface area contributed by atoms with Crippen molar-refractivity contribution in [2.75, 3.05) is 20.1 Å². The predicted octanol–water partition coefficient (Wildman–Crippen LogP) is 1.33. The zero-order valence-corrected chi connectivity index (χ0v) is 11.5. The topological polar surface area (TPSA) is 49.4 Å². The minimum absolute atomic E-state index is 0.105. The van der Waals surface area contributed by atoms with E-state index in [1.165, 1.54) is 6.42 Å². The monoisotopic (exact) mass is 260 g/mol. The molecule has 1 N–H and O–H groups in total. The lowest BCUT2D eigenvalue weighted by molar-refractivity contribution is 0.286. The van der Waals surface area contributed by atoms with E-state index in [1.54, 1.807) is 4.31 Å². The number of piperidine rings is 1. The van der Waals surface area contributed by atoms with E-state index >= 15 is 0 Å². The van der Waals surface area contributed by atoms with E-state index in [1.807, 2.05) is 7.05 Å². The molecule has 1 unspecified atom stereocenters. The maximum absolute atomic E-state index is 12.5. The molecule has 1 saturated carbocycles. The Hall–Kier alpha value is -0.130. The summed E-state index contributed by atoms with van der Waals surface area (Å²) in [6, 6.07) is 0.335. The van der Waals surface area contributed by atoms with Crippen LogP contribution in [0.3, 0.4) is 0 Å². The van der Waals surface area contributed by atoms with Crippen molar-refractivity contribution < 1.29 is 8.42 Å². The Morgan fingerprint density at radius 1 is 1.06 bits per heavy atom. The third-order valence-corrected chi connectivity index (χ3v) is 6.49. The molecular formula is C12H24N2O2S. The van der Waals surface area contributed by atoms with Gasteiger partial charge in [-0.15, -0.1) is 0 Å². The molecule has 2 aliphatic rings. The van der Waals surface area contributed by atoms with Crippen LogP contribution in [0.2, 0.25) is 0 Å². The van der Waals surface area contributed by atoms with Crippen molar-refractivity contribution in [3.63, 3.8) is 0 Å². The molecule has 2 rings (SSSR count). The minimum Gasteiger partial charge on any atom is -0.316 e. The molecule has 1 aliphatic carbocycles. The number of hydrogen-bond donors (Lipinski definition) is 1. The van der Waals surface area contributed by atoms with E-state index in [0.29, 0.717) is 12.6 Å². The van der Waals surface area contributed by atoms with Gasteiger partial charge in [-0.25, -0.2) is 12.7 Å². The lowest BCUT2D eigenvalue weighted by Gasteiger charge is -2.35. The van der Waals surface area contributed by atoms with Crippen LogP contribution in [0, 0.1) is 0 Å². The van der Waals surface area contributed by atoms with Crippen LogP contribution in [0.4, 0.5) is 0 Å². The summed E-state index contributed by atoms with van der Waals surface area (Å²) in [6.45, 7) is 1.38. The molecule has 5 heteroatoms. The highest BCUT2D eigenvalue weighted by atomic mass is 32.2. The van der Waals surface area contributed by atoms with Gasteiger partial charge in [0.25, 0.3) is 0 Å². The summed E-state index contributed by atoms with van der Waals surface area (Å²) in [7, 11) is -1.12. The van der Waals surface area contributed by atoms with Crippen molar-refractivity contribution in [2.24, 2.45) is 0 Å². The largest absolute Gasteiger partial charge is 0.316 e. The van der Waals surface area contributed by atoms with Gasteiger partial charge in [-0.2, -0.15) is 0 Å². The van der Waals surface area contributed by atoms with Gasteiger partial charge >= 0.3 is 0 Å². The van der Waals surface area contributed by atoms with Gasteiger partial charge in [-0.3, -0.25) is 0 Å². The molecule has 0 spiro atoms. The molecule has 0 aromatic rings. The zero-order valence-electron chi connectivity index (χ0n) is 10.7. The lowest BCUT2D eigenvalue weighted by Crippen LogP contribution is -2.49. The highest BCUT2D eigenvalue weighted by Crippen LogP contribution is 2.27. The molecule has 0 radical (unpaired) electrons. The number of nitrogens with one attached hydrogen (secondary N) is 1. The van der Waals surface area contributed by atoms with Crippen LogP contribution in [-0.2, 0) is 10.0 Å². The number of rotatable bonds is 3. The zero-order chi connectivity index (χ0) is 12.3. The first-order valence-corrected chi connectivity index (χ1v) is 8.31. The first-order valence-electron chi connectivity index (χ1n) is 6.81. The average Bonchev–Trinajstić information content (AvgIpc) is 2.40. The normalized spacial score (nSPS) is 29.4. The first kappa shape index (κ1) is 13.3. The van der Waals surface area contributed by atoms with Gasteiger partial charge in [0.1, 0.15) is 0 Å². The number of hydrogen-bond acceptors (Lipinski definition) is 3. The second-order valence-electron chi connectivity index (χ2n) is 5.29. The molecule has 2 fully saturated rings. The van der Waals surface area contributed by atoms with Gasteiger partial charge in [0.2, 0.25) is 10.0 Å². The molecule has 1 atom stereocenters. The van der Waals surface area contributed by atoms with Crippen molar-refractivity contribution in [3.05, 3.63) is 0 Å². The summed E-state index contributed by atoms with van der Waals surface area (Å²) < 4.78 is 26.7. The summed E-state index contributed by atoms with van der Waals surface area (Å²) in [5.41, 5.74) is 0. The van der Waals surface area contributed by atoms with E-state index < -0.39 is 10.0 Å². The van der Waals surface area contributed by atoms with E-state index in [2.05, 4.69) is 5.32 Å². The van der Waals surface area contributed by atoms with Gasteiger partial charge < -0.3 is 5.32 Å². The van der Waals surface area contributed by atoms with Gasteiger partial charge in [-0.1, -0.05) is 19.3 Å². The Kier molecular flexibility index (Phi) is 4.44. The average molecular weight is 260 g/mol. The molecule has 1 heterocycles. The third kappa shape index (κ3) is 3.01. The fraction of sp³-hybridized carbons (Fsp3) is 1.00. The van der Waals surface area contributed by atoms with Crippen LogP contribution in [0.25, 0.3) is 0 Å². The summed E-state index contributed by atoms with van der Waals surface area (Å²) in [6.07, 6.45) is 7.16. The van der Waals surface area contributed by atoms with E-state index in [9.17, 15) is 8.42 Å². The number of sulfonamides is 1. The highest BCUT2D eigenvalue weighted by molar-refractivity contribution is 7.89. The Morgan fingerprint density at radius 3 is 2.41 bits per heavy atom. The molecule has 0 aromatic heterocycles. The van der Waals surface area contributed by atoms with Crippen molar-refractivity contribution in [1.29, 1.82) is 0 Å². The molecule has 17 heavy (non-hydrogen) atoms. The fourth-order valence-electron chi connectivity index (χ4n) is 2.98. The van der Waals surface area contributed by atoms with E-state index in [-0.39, 0.29) is 5.25 Å². The number of nitrogens with zero attached hydrogens (tertiary/aromatic N) is 1. The Morgan fingerprint density at radius 2 is 1.76 bits per heavy atom. The van der Waals surface area contributed by atoms with Crippen molar-refractivity contribution in [1.82, 2.24) is 9.62 Å². The SMILES string of the molecule is CNC1CCCN(S(=O)(=O)C2CCCCC2)C1. The quantitative estimate of drug-likeness (QED) is 0.833. The molecule has 0 aromatic carbocycles. The molecule has 100 valence electrons. The molecule has 1 aliphatic heterocycles. The van der Waals surface area contributed by atoms with E-state index in [0.717, 1.165) is 45.1 Å². The van der Waals surface area contributed by atoms with Crippen molar-refractivity contribution in [3.8, 4) is 0 Å². The Balaban J connectivity index is 2.03. The number of likely N-dealkylation sites (N-methyl/N-ethyl adjacent to an activating group) is 1. The molecule has 0 bridgehead atoms. The predicted molar refractivity (Wildman–Crippen MR) is 69.4 cm³/mol. The van der Waals surface area contributed by atoms with Gasteiger partial charge in [-0.05, 0) is 32.7 Å². The molecule has 4 nitrogen and oxygen atoms in total. The van der Waals surface area contributed by atoms with Crippen LogP contribution in [0.5, 0.6) is 0 Å². The maximum atomic E-state index is 12.5.